The number of nitrogens with zero attached hydrogens (tertiary/aromatic N) is 3. The van der Waals surface area contributed by atoms with Crippen LogP contribution in [0.4, 0.5) is 10.1 Å². The molecule has 0 aliphatic rings. The van der Waals surface area contributed by atoms with Crippen molar-refractivity contribution in [1.82, 2.24) is 14.9 Å². The second-order valence-electron chi connectivity index (χ2n) is 5.89. The molecule has 0 radical (unpaired) electrons. The monoisotopic (exact) mass is 357 g/mol. The number of hydrogen-bond acceptors (Lipinski definition) is 5. The minimum Gasteiger partial charge on any atom is -0.336 e. The smallest absolute Gasteiger partial charge is 0.234 e. The van der Waals surface area contributed by atoms with Gasteiger partial charge in [-0.05, 0) is 18.2 Å². The highest BCUT2D eigenvalue weighted by Gasteiger charge is 2.23. The minimum absolute atomic E-state index is 0.0293. The van der Waals surface area contributed by atoms with E-state index >= 15 is 0 Å². The molecular weight excluding hydrogens is 341 g/mol. The van der Waals surface area contributed by atoms with Crippen molar-refractivity contribution in [2.24, 2.45) is 0 Å². The molecule has 1 aromatic carbocycles. The fourth-order valence-electron chi connectivity index (χ4n) is 1.79. The number of aromatic nitrogens is 3. The molecule has 0 aliphatic carbocycles. The Hall–Kier alpha value is -1.80. The van der Waals surface area contributed by atoms with Crippen molar-refractivity contribution in [2.75, 3.05) is 16.9 Å². The molecule has 1 amide bonds. The van der Waals surface area contributed by atoms with E-state index in [0.717, 1.165) is 17.8 Å². The van der Waals surface area contributed by atoms with E-state index in [1.54, 1.807) is 0 Å². The Morgan fingerprint density at radius 3 is 2.70 bits per heavy atom. The van der Waals surface area contributed by atoms with Gasteiger partial charge in [0.1, 0.15) is 5.82 Å². The van der Waals surface area contributed by atoms with Gasteiger partial charge in [0.05, 0.1) is 11.4 Å². The first kappa shape index (κ1) is 17.6. The van der Waals surface area contributed by atoms with E-state index in [0.29, 0.717) is 11.0 Å². The third-order valence-corrected chi connectivity index (χ3v) is 4.05. The summed E-state index contributed by atoms with van der Waals surface area (Å²) in [4.78, 5) is 11.9. The fourth-order valence-corrected chi connectivity index (χ4v) is 2.61. The SMILES string of the molecule is CC(C)(C)c1nnc(SCC(=O)Nc2ccc(Cl)cc2F)n1N. The van der Waals surface area contributed by atoms with E-state index in [1.807, 2.05) is 20.8 Å². The lowest BCUT2D eigenvalue weighted by Gasteiger charge is -2.16. The molecule has 6 nitrogen and oxygen atoms in total. The Morgan fingerprint density at radius 2 is 2.13 bits per heavy atom. The summed E-state index contributed by atoms with van der Waals surface area (Å²) in [5.41, 5.74) is -0.181. The van der Waals surface area contributed by atoms with Gasteiger partial charge < -0.3 is 11.2 Å². The number of amides is 1. The van der Waals surface area contributed by atoms with Gasteiger partial charge in [0.15, 0.2) is 5.82 Å². The van der Waals surface area contributed by atoms with Crippen LogP contribution in [0.5, 0.6) is 0 Å². The van der Waals surface area contributed by atoms with Crippen molar-refractivity contribution >= 4 is 35.0 Å². The van der Waals surface area contributed by atoms with Crippen molar-refractivity contribution < 1.29 is 9.18 Å². The van der Waals surface area contributed by atoms with E-state index in [9.17, 15) is 9.18 Å². The van der Waals surface area contributed by atoms with Crippen molar-refractivity contribution in [3.63, 3.8) is 0 Å². The predicted molar refractivity (Wildman–Crippen MR) is 89.6 cm³/mol. The first-order valence-corrected chi connectivity index (χ1v) is 8.13. The largest absolute Gasteiger partial charge is 0.336 e. The third kappa shape index (κ3) is 4.35. The van der Waals surface area contributed by atoms with Crippen LogP contribution in [0.15, 0.2) is 23.4 Å². The van der Waals surface area contributed by atoms with Crippen LogP contribution in [0.2, 0.25) is 5.02 Å². The number of nitrogens with one attached hydrogen (secondary N) is 1. The molecule has 3 N–H and O–H groups in total. The summed E-state index contributed by atoms with van der Waals surface area (Å²) >= 11 is 6.79. The number of carbonyl (C=O) groups is 1. The van der Waals surface area contributed by atoms with E-state index in [-0.39, 0.29) is 27.8 Å². The Kier molecular flexibility index (Phi) is 5.16. The van der Waals surface area contributed by atoms with Gasteiger partial charge in [0.25, 0.3) is 0 Å². The normalized spacial score (nSPS) is 11.5. The van der Waals surface area contributed by atoms with Gasteiger partial charge >= 0.3 is 0 Å². The Bertz CT molecular complexity index is 728. The summed E-state index contributed by atoms with van der Waals surface area (Å²) in [5, 5.41) is 11.2. The summed E-state index contributed by atoms with van der Waals surface area (Å²) in [7, 11) is 0. The highest BCUT2D eigenvalue weighted by molar-refractivity contribution is 7.99. The molecule has 0 unspecified atom stereocenters. The second kappa shape index (κ2) is 6.76. The number of carbonyl (C=O) groups excluding carboxylic acids is 1. The van der Waals surface area contributed by atoms with E-state index in [2.05, 4.69) is 15.5 Å². The van der Waals surface area contributed by atoms with Crippen LogP contribution >= 0.6 is 23.4 Å². The van der Waals surface area contributed by atoms with Crippen LogP contribution in [0.3, 0.4) is 0 Å². The van der Waals surface area contributed by atoms with Gasteiger partial charge in [-0.25, -0.2) is 9.07 Å². The van der Waals surface area contributed by atoms with Crippen molar-refractivity contribution in [3.8, 4) is 0 Å². The second-order valence-corrected chi connectivity index (χ2v) is 7.27. The number of nitrogen functional groups attached to an aromatic ring is 1. The first-order valence-electron chi connectivity index (χ1n) is 6.77. The Balaban J connectivity index is 1.98. The number of nitrogens with two attached hydrogens (primary N) is 1. The summed E-state index contributed by atoms with van der Waals surface area (Å²) in [5.74, 6) is 5.61. The third-order valence-electron chi connectivity index (χ3n) is 2.87. The molecule has 1 aromatic heterocycles. The maximum Gasteiger partial charge on any atom is 0.234 e. The van der Waals surface area contributed by atoms with Crippen molar-refractivity contribution in [3.05, 3.63) is 34.9 Å². The van der Waals surface area contributed by atoms with Crippen LogP contribution in [0.25, 0.3) is 0 Å². The molecule has 124 valence electrons. The standard InChI is InChI=1S/C14H17ClFN5OS/c1-14(2,3)12-19-20-13(21(12)17)23-7-11(22)18-10-5-4-8(15)6-9(10)16/h4-6H,7,17H2,1-3H3,(H,18,22). The van der Waals surface area contributed by atoms with Gasteiger partial charge in [-0.15, -0.1) is 10.2 Å². The molecule has 9 heteroatoms. The maximum atomic E-state index is 13.6. The molecule has 23 heavy (non-hydrogen) atoms. The molecule has 0 saturated carbocycles. The highest BCUT2D eigenvalue weighted by Crippen LogP contribution is 2.24. The lowest BCUT2D eigenvalue weighted by atomic mass is 9.96. The van der Waals surface area contributed by atoms with E-state index in [4.69, 9.17) is 17.4 Å². The molecule has 1 heterocycles. The van der Waals surface area contributed by atoms with Gasteiger partial charge in [0.2, 0.25) is 11.1 Å². The maximum absolute atomic E-state index is 13.6. The lowest BCUT2D eigenvalue weighted by molar-refractivity contribution is -0.113. The summed E-state index contributed by atoms with van der Waals surface area (Å²) < 4.78 is 15.0. The minimum atomic E-state index is -0.590. The van der Waals surface area contributed by atoms with Crippen LogP contribution < -0.4 is 11.2 Å². The van der Waals surface area contributed by atoms with Crippen LogP contribution in [0.1, 0.15) is 26.6 Å². The van der Waals surface area contributed by atoms with Gasteiger partial charge in [-0.1, -0.05) is 44.1 Å². The average molecular weight is 358 g/mol. The molecule has 0 bridgehead atoms. The zero-order valence-corrected chi connectivity index (χ0v) is 14.5. The van der Waals surface area contributed by atoms with Crippen molar-refractivity contribution in [2.45, 2.75) is 31.3 Å². The summed E-state index contributed by atoms with van der Waals surface area (Å²) in [6, 6.07) is 4.04. The average Bonchev–Trinajstić information content (AvgIpc) is 2.81. The fraction of sp³-hybridized carbons (Fsp3) is 0.357. The number of benzene rings is 1. The zero-order valence-electron chi connectivity index (χ0n) is 12.9. The lowest BCUT2D eigenvalue weighted by Crippen LogP contribution is -2.24. The topological polar surface area (TPSA) is 85.8 Å². The van der Waals surface area contributed by atoms with Gasteiger partial charge in [0, 0.05) is 10.4 Å². The van der Waals surface area contributed by atoms with E-state index < -0.39 is 5.82 Å². The van der Waals surface area contributed by atoms with Crippen LogP contribution in [0, 0.1) is 5.82 Å². The number of halogens is 2. The molecular formula is C14H17ClFN5OS. The zero-order chi connectivity index (χ0) is 17.2. The summed E-state index contributed by atoms with van der Waals surface area (Å²) in [6.45, 7) is 5.89. The van der Waals surface area contributed by atoms with Crippen molar-refractivity contribution in [1.29, 1.82) is 0 Å². The van der Waals surface area contributed by atoms with Crippen LogP contribution in [-0.4, -0.2) is 26.5 Å². The number of rotatable bonds is 4. The first-order chi connectivity index (χ1) is 10.7. The molecule has 0 aliphatic heterocycles. The quantitative estimate of drug-likeness (QED) is 0.649. The predicted octanol–water partition coefficient (Wildman–Crippen LogP) is 2.81. The molecule has 0 spiro atoms. The molecule has 0 saturated heterocycles. The van der Waals surface area contributed by atoms with Crippen LogP contribution in [-0.2, 0) is 10.2 Å². The van der Waals surface area contributed by atoms with Gasteiger partial charge in [-0.3, -0.25) is 4.79 Å². The summed E-state index contributed by atoms with van der Waals surface area (Å²) in [6.07, 6.45) is 0. The van der Waals surface area contributed by atoms with E-state index in [1.165, 1.54) is 16.8 Å². The molecule has 2 aromatic rings. The molecule has 0 fully saturated rings. The number of thioether (sulfide) groups is 1. The molecule has 0 atom stereocenters. The Labute approximate surface area is 142 Å². The highest BCUT2D eigenvalue weighted by atomic mass is 35.5. The number of hydrogen-bond donors (Lipinski definition) is 2. The van der Waals surface area contributed by atoms with Gasteiger partial charge in [-0.2, -0.15) is 0 Å². The number of anilines is 1. The molecule has 2 rings (SSSR count). The Morgan fingerprint density at radius 1 is 1.43 bits per heavy atom.